The summed E-state index contributed by atoms with van der Waals surface area (Å²) >= 11 is 0. The third-order valence-electron chi connectivity index (χ3n) is 2.77. The van der Waals surface area contributed by atoms with Crippen LogP contribution in [-0.4, -0.2) is 33.8 Å². The maximum absolute atomic E-state index is 5.20. The van der Waals surface area contributed by atoms with Gasteiger partial charge in [0, 0.05) is 5.56 Å². The minimum Gasteiger partial charge on any atom is -0.480 e. The number of methoxy groups -OCH3 is 2. The molecule has 0 fully saturated rings. The fourth-order valence-electron chi connectivity index (χ4n) is 1.87. The predicted octanol–water partition coefficient (Wildman–Crippen LogP) is 1.81. The Morgan fingerprint density at radius 3 is 2.47 bits per heavy atom. The topological polar surface area (TPSA) is 61.5 Å². The zero-order valence-electron chi connectivity index (χ0n) is 10.6. The maximum atomic E-state index is 5.20. The molecule has 0 amide bonds. The van der Waals surface area contributed by atoms with Gasteiger partial charge in [0.1, 0.15) is 0 Å². The Morgan fingerprint density at radius 1 is 1.00 bits per heavy atom. The van der Waals surface area contributed by atoms with E-state index in [2.05, 4.69) is 15.2 Å². The summed E-state index contributed by atoms with van der Waals surface area (Å²) < 4.78 is 12.2. The van der Waals surface area contributed by atoms with Crippen molar-refractivity contribution in [3.05, 3.63) is 36.5 Å². The number of aromatic nitrogens is 4. The number of nitrogens with zero attached hydrogens (tertiary/aromatic N) is 4. The molecule has 6 heteroatoms. The highest BCUT2D eigenvalue weighted by atomic mass is 16.5. The third kappa shape index (κ3) is 1.87. The minimum absolute atomic E-state index is 0.383. The first-order valence-electron chi connectivity index (χ1n) is 5.72. The van der Waals surface area contributed by atoms with Crippen LogP contribution in [0.2, 0.25) is 0 Å². The SMILES string of the molecule is COc1cn2c(-c3ccccc3)nnc2c(OC)n1. The third-order valence-corrected chi connectivity index (χ3v) is 2.77. The van der Waals surface area contributed by atoms with Gasteiger partial charge in [0.15, 0.2) is 5.82 Å². The van der Waals surface area contributed by atoms with E-state index in [1.54, 1.807) is 24.8 Å². The zero-order valence-corrected chi connectivity index (χ0v) is 10.6. The van der Waals surface area contributed by atoms with E-state index in [0.29, 0.717) is 17.4 Å². The Hall–Kier alpha value is -2.63. The first-order chi connectivity index (χ1) is 9.33. The lowest BCUT2D eigenvalue weighted by Gasteiger charge is -2.05. The van der Waals surface area contributed by atoms with Crippen LogP contribution in [0, 0.1) is 0 Å². The second-order valence-electron chi connectivity index (χ2n) is 3.88. The molecule has 6 nitrogen and oxygen atoms in total. The molecular weight excluding hydrogens is 244 g/mol. The zero-order chi connectivity index (χ0) is 13.2. The van der Waals surface area contributed by atoms with Crippen molar-refractivity contribution in [2.24, 2.45) is 0 Å². The lowest BCUT2D eigenvalue weighted by molar-refractivity contribution is 0.363. The van der Waals surface area contributed by atoms with Gasteiger partial charge < -0.3 is 9.47 Å². The summed E-state index contributed by atoms with van der Waals surface area (Å²) in [6, 6.07) is 9.79. The quantitative estimate of drug-likeness (QED) is 0.715. The molecule has 19 heavy (non-hydrogen) atoms. The van der Waals surface area contributed by atoms with E-state index < -0.39 is 0 Å². The van der Waals surface area contributed by atoms with Crippen molar-refractivity contribution in [2.75, 3.05) is 14.2 Å². The Labute approximate surface area is 109 Å². The fraction of sp³-hybridized carbons (Fsp3) is 0.154. The summed E-state index contributed by atoms with van der Waals surface area (Å²) in [5, 5.41) is 8.30. The summed E-state index contributed by atoms with van der Waals surface area (Å²) in [6.07, 6.45) is 1.74. The van der Waals surface area contributed by atoms with Crippen molar-refractivity contribution in [3.63, 3.8) is 0 Å². The van der Waals surface area contributed by atoms with E-state index in [4.69, 9.17) is 9.47 Å². The summed E-state index contributed by atoms with van der Waals surface area (Å²) in [7, 11) is 3.10. The Bertz CT molecular complexity index is 709. The molecule has 0 bridgehead atoms. The lowest BCUT2D eigenvalue weighted by Crippen LogP contribution is -1.98. The van der Waals surface area contributed by atoms with Crippen LogP contribution in [0.3, 0.4) is 0 Å². The maximum Gasteiger partial charge on any atom is 0.263 e. The number of ether oxygens (including phenoxy) is 2. The highest BCUT2D eigenvalue weighted by Gasteiger charge is 2.14. The molecule has 0 unspecified atom stereocenters. The fourth-order valence-corrected chi connectivity index (χ4v) is 1.87. The van der Waals surface area contributed by atoms with Crippen LogP contribution in [-0.2, 0) is 0 Å². The molecule has 3 aromatic rings. The molecule has 0 N–H and O–H groups in total. The van der Waals surface area contributed by atoms with Crippen LogP contribution >= 0.6 is 0 Å². The van der Waals surface area contributed by atoms with Gasteiger partial charge in [-0.15, -0.1) is 10.2 Å². The highest BCUT2D eigenvalue weighted by molar-refractivity contribution is 5.62. The number of fused-ring (bicyclic) bond motifs is 1. The number of hydrogen-bond acceptors (Lipinski definition) is 5. The Kier molecular flexibility index (Phi) is 2.75. The minimum atomic E-state index is 0.383. The van der Waals surface area contributed by atoms with E-state index in [0.717, 1.165) is 11.4 Å². The van der Waals surface area contributed by atoms with Crippen LogP contribution in [0.5, 0.6) is 11.8 Å². The monoisotopic (exact) mass is 256 g/mol. The van der Waals surface area contributed by atoms with Gasteiger partial charge in [-0.2, -0.15) is 4.98 Å². The normalized spacial score (nSPS) is 10.6. The molecule has 1 aromatic carbocycles. The summed E-state index contributed by atoms with van der Waals surface area (Å²) in [6.45, 7) is 0. The molecule has 2 heterocycles. The van der Waals surface area contributed by atoms with Gasteiger partial charge in [-0.05, 0) is 0 Å². The molecule has 0 aliphatic rings. The van der Waals surface area contributed by atoms with Gasteiger partial charge in [0.2, 0.25) is 11.5 Å². The van der Waals surface area contributed by atoms with Gasteiger partial charge in [-0.3, -0.25) is 4.40 Å². The lowest BCUT2D eigenvalue weighted by atomic mass is 10.2. The van der Waals surface area contributed by atoms with Crippen molar-refractivity contribution < 1.29 is 9.47 Å². The molecule has 0 aliphatic carbocycles. The average molecular weight is 256 g/mol. The van der Waals surface area contributed by atoms with Gasteiger partial charge in [0.25, 0.3) is 5.88 Å². The van der Waals surface area contributed by atoms with Crippen LogP contribution in [0.4, 0.5) is 0 Å². The standard InChI is InChI=1S/C13H12N4O2/c1-18-10-8-17-11(9-6-4-3-5-7-9)15-16-12(17)13(14-10)19-2/h3-8H,1-2H3. The molecule has 0 saturated heterocycles. The molecule has 2 aromatic heterocycles. The number of rotatable bonds is 3. The largest absolute Gasteiger partial charge is 0.480 e. The van der Waals surface area contributed by atoms with Crippen molar-refractivity contribution in [1.82, 2.24) is 19.6 Å². The Morgan fingerprint density at radius 2 is 1.79 bits per heavy atom. The molecule has 0 radical (unpaired) electrons. The summed E-state index contributed by atoms with van der Waals surface area (Å²) in [4.78, 5) is 4.18. The second-order valence-corrected chi connectivity index (χ2v) is 3.88. The van der Waals surface area contributed by atoms with E-state index >= 15 is 0 Å². The molecule has 0 aliphatic heterocycles. The van der Waals surface area contributed by atoms with Crippen molar-refractivity contribution >= 4 is 5.65 Å². The predicted molar refractivity (Wildman–Crippen MR) is 69.3 cm³/mol. The van der Waals surface area contributed by atoms with Crippen LogP contribution in [0.15, 0.2) is 36.5 Å². The van der Waals surface area contributed by atoms with Gasteiger partial charge in [-0.25, -0.2) is 0 Å². The summed E-state index contributed by atoms with van der Waals surface area (Å²) in [5.74, 6) is 1.55. The first-order valence-corrected chi connectivity index (χ1v) is 5.72. The smallest absolute Gasteiger partial charge is 0.263 e. The van der Waals surface area contributed by atoms with Gasteiger partial charge in [-0.1, -0.05) is 30.3 Å². The van der Waals surface area contributed by atoms with E-state index in [9.17, 15) is 0 Å². The molecular formula is C13H12N4O2. The van der Waals surface area contributed by atoms with Crippen molar-refractivity contribution in [2.45, 2.75) is 0 Å². The van der Waals surface area contributed by atoms with Gasteiger partial charge >= 0.3 is 0 Å². The second kappa shape index (κ2) is 4.56. The molecule has 0 spiro atoms. The van der Waals surface area contributed by atoms with E-state index in [1.807, 2.05) is 30.3 Å². The number of benzene rings is 1. The molecule has 96 valence electrons. The molecule has 0 atom stereocenters. The van der Waals surface area contributed by atoms with Crippen LogP contribution < -0.4 is 9.47 Å². The van der Waals surface area contributed by atoms with E-state index in [1.165, 1.54) is 0 Å². The Balaban J connectivity index is 2.27. The van der Waals surface area contributed by atoms with Crippen molar-refractivity contribution in [3.8, 4) is 23.1 Å². The highest BCUT2D eigenvalue weighted by Crippen LogP contribution is 2.24. The molecule has 3 rings (SSSR count). The van der Waals surface area contributed by atoms with Crippen LogP contribution in [0.1, 0.15) is 0 Å². The average Bonchev–Trinajstić information content (AvgIpc) is 2.90. The number of hydrogen-bond donors (Lipinski definition) is 0. The molecule has 0 saturated carbocycles. The van der Waals surface area contributed by atoms with Crippen molar-refractivity contribution in [1.29, 1.82) is 0 Å². The van der Waals surface area contributed by atoms with Gasteiger partial charge in [0.05, 0.1) is 20.4 Å². The first kappa shape index (κ1) is 11.5. The summed E-state index contributed by atoms with van der Waals surface area (Å²) in [5.41, 5.74) is 1.52. The van der Waals surface area contributed by atoms with Crippen LogP contribution in [0.25, 0.3) is 17.0 Å². The van der Waals surface area contributed by atoms with E-state index in [-0.39, 0.29) is 0 Å².